The minimum atomic E-state index is -4.45. The lowest BCUT2D eigenvalue weighted by Gasteiger charge is -2.19. The second kappa shape index (κ2) is 6.83. The summed E-state index contributed by atoms with van der Waals surface area (Å²) in [6.07, 6.45) is -5.26. The van der Waals surface area contributed by atoms with Crippen LogP contribution in [-0.2, 0) is 6.18 Å². The third-order valence-electron chi connectivity index (χ3n) is 3.61. The molecule has 1 atom stereocenters. The van der Waals surface area contributed by atoms with Crippen molar-refractivity contribution in [3.63, 3.8) is 0 Å². The first kappa shape index (κ1) is 18.0. The van der Waals surface area contributed by atoms with Crippen LogP contribution in [0.2, 0.25) is 0 Å². The topological polar surface area (TPSA) is 77.2 Å². The number of primary amides is 1. The quantitative estimate of drug-likeness (QED) is 0.672. The van der Waals surface area contributed by atoms with Crippen molar-refractivity contribution in [3.8, 4) is 5.75 Å². The Kier molecular flexibility index (Phi) is 4.73. The van der Waals surface area contributed by atoms with Crippen molar-refractivity contribution < 1.29 is 22.7 Å². The number of carbonyl (C=O) groups is 1. The SMILES string of the molecule is CC(Oc1ccc2nc(NC(N)=O)sc2c1)c1ccccc1C(F)(F)F. The van der Waals surface area contributed by atoms with Gasteiger partial charge in [-0.15, -0.1) is 0 Å². The third-order valence-corrected chi connectivity index (χ3v) is 4.54. The smallest absolute Gasteiger partial charge is 0.416 e. The molecule has 0 bridgehead atoms. The number of nitrogens with one attached hydrogen (secondary N) is 1. The average molecular weight is 381 g/mol. The summed E-state index contributed by atoms with van der Waals surface area (Å²) >= 11 is 1.19. The number of hydrogen-bond acceptors (Lipinski definition) is 4. The van der Waals surface area contributed by atoms with Gasteiger partial charge >= 0.3 is 12.2 Å². The summed E-state index contributed by atoms with van der Waals surface area (Å²) in [5.74, 6) is 0.399. The zero-order valence-corrected chi connectivity index (χ0v) is 14.3. The van der Waals surface area contributed by atoms with Crippen LogP contribution in [0.1, 0.15) is 24.2 Å². The number of thiazole rings is 1. The van der Waals surface area contributed by atoms with Gasteiger partial charge in [-0.2, -0.15) is 13.2 Å². The molecule has 2 aromatic carbocycles. The van der Waals surface area contributed by atoms with E-state index >= 15 is 0 Å². The molecule has 3 rings (SSSR count). The first-order valence-corrected chi connectivity index (χ1v) is 8.35. The van der Waals surface area contributed by atoms with E-state index in [1.54, 1.807) is 31.2 Å². The maximum Gasteiger partial charge on any atom is 0.416 e. The lowest BCUT2D eigenvalue weighted by atomic mass is 10.0. The Morgan fingerprint density at radius 2 is 2.00 bits per heavy atom. The summed E-state index contributed by atoms with van der Waals surface area (Å²) in [4.78, 5) is 15.1. The number of rotatable bonds is 4. The highest BCUT2D eigenvalue weighted by atomic mass is 32.1. The number of nitrogens with two attached hydrogens (primary N) is 1. The van der Waals surface area contributed by atoms with E-state index in [0.29, 0.717) is 21.1 Å². The largest absolute Gasteiger partial charge is 0.486 e. The summed E-state index contributed by atoms with van der Waals surface area (Å²) in [7, 11) is 0. The van der Waals surface area contributed by atoms with Crippen LogP contribution in [0, 0.1) is 0 Å². The Morgan fingerprint density at radius 1 is 1.27 bits per heavy atom. The lowest BCUT2D eigenvalue weighted by molar-refractivity contribution is -0.138. The summed E-state index contributed by atoms with van der Waals surface area (Å²) in [6.45, 7) is 1.56. The minimum Gasteiger partial charge on any atom is -0.486 e. The predicted molar refractivity (Wildman–Crippen MR) is 93.3 cm³/mol. The van der Waals surface area contributed by atoms with Crippen LogP contribution in [-0.4, -0.2) is 11.0 Å². The van der Waals surface area contributed by atoms with E-state index in [-0.39, 0.29) is 5.56 Å². The van der Waals surface area contributed by atoms with Crippen LogP contribution in [0.3, 0.4) is 0 Å². The Labute approximate surface area is 150 Å². The highest BCUT2D eigenvalue weighted by molar-refractivity contribution is 7.22. The Bertz CT molecular complexity index is 956. The highest BCUT2D eigenvalue weighted by Crippen LogP contribution is 2.36. The fraction of sp³-hybridized carbons (Fsp3) is 0.176. The fourth-order valence-corrected chi connectivity index (χ4v) is 3.41. The van der Waals surface area contributed by atoms with Crippen molar-refractivity contribution in [1.82, 2.24) is 4.98 Å². The molecule has 0 aliphatic carbocycles. The highest BCUT2D eigenvalue weighted by Gasteiger charge is 2.34. The van der Waals surface area contributed by atoms with E-state index in [1.165, 1.54) is 23.5 Å². The van der Waals surface area contributed by atoms with Crippen LogP contribution in [0.15, 0.2) is 42.5 Å². The molecule has 1 heterocycles. The molecule has 0 saturated carbocycles. The number of halogens is 3. The standard InChI is InChI=1S/C17H14F3N3O2S/c1-9(11-4-2-3-5-12(11)17(18,19)20)25-10-6-7-13-14(8-10)26-16(22-13)23-15(21)24/h2-9H,1H3,(H3,21,22,23,24). The number of carbonyl (C=O) groups excluding carboxylic acids is 1. The molecule has 1 aromatic heterocycles. The van der Waals surface area contributed by atoms with Gasteiger partial charge in [0.15, 0.2) is 5.13 Å². The number of fused-ring (bicyclic) bond motifs is 1. The second-order valence-corrected chi connectivity index (χ2v) is 6.51. The Morgan fingerprint density at radius 3 is 2.69 bits per heavy atom. The molecule has 2 amide bonds. The molecule has 0 aliphatic heterocycles. The molecular formula is C17H14F3N3O2S. The molecule has 136 valence electrons. The second-order valence-electron chi connectivity index (χ2n) is 5.48. The molecule has 3 N–H and O–H groups in total. The van der Waals surface area contributed by atoms with E-state index in [4.69, 9.17) is 10.5 Å². The number of urea groups is 1. The third kappa shape index (κ3) is 3.88. The van der Waals surface area contributed by atoms with Gasteiger partial charge in [-0.3, -0.25) is 5.32 Å². The van der Waals surface area contributed by atoms with Gasteiger partial charge in [0.1, 0.15) is 11.9 Å². The molecule has 0 saturated heterocycles. The van der Waals surface area contributed by atoms with Crippen molar-refractivity contribution in [2.75, 3.05) is 5.32 Å². The van der Waals surface area contributed by atoms with Gasteiger partial charge in [0, 0.05) is 5.56 Å². The fourth-order valence-electron chi connectivity index (χ4n) is 2.51. The van der Waals surface area contributed by atoms with E-state index in [2.05, 4.69) is 10.3 Å². The molecule has 1 unspecified atom stereocenters. The van der Waals surface area contributed by atoms with Crippen LogP contribution in [0.4, 0.5) is 23.1 Å². The van der Waals surface area contributed by atoms with Gasteiger partial charge in [-0.25, -0.2) is 9.78 Å². The summed E-state index contributed by atoms with van der Waals surface area (Å²) in [5, 5.41) is 2.72. The van der Waals surface area contributed by atoms with E-state index in [0.717, 1.165) is 6.07 Å². The van der Waals surface area contributed by atoms with Crippen molar-refractivity contribution in [3.05, 3.63) is 53.6 Å². The van der Waals surface area contributed by atoms with Crippen LogP contribution < -0.4 is 15.8 Å². The number of alkyl halides is 3. The van der Waals surface area contributed by atoms with Gasteiger partial charge in [0.2, 0.25) is 0 Å². The number of aromatic nitrogens is 1. The van der Waals surface area contributed by atoms with Crippen LogP contribution >= 0.6 is 11.3 Å². The summed E-state index contributed by atoms with van der Waals surface area (Å²) < 4.78 is 45.9. The zero-order chi connectivity index (χ0) is 18.9. The summed E-state index contributed by atoms with van der Waals surface area (Å²) in [5.41, 5.74) is 5.01. The van der Waals surface area contributed by atoms with Crippen molar-refractivity contribution in [2.45, 2.75) is 19.2 Å². The van der Waals surface area contributed by atoms with Crippen LogP contribution in [0.25, 0.3) is 10.2 Å². The van der Waals surface area contributed by atoms with Crippen molar-refractivity contribution in [2.24, 2.45) is 5.73 Å². The van der Waals surface area contributed by atoms with E-state index in [9.17, 15) is 18.0 Å². The predicted octanol–water partition coefficient (Wildman–Crippen LogP) is 4.95. The molecule has 0 radical (unpaired) electrons. The van der Waals surface area contributed by atoms with Gasteiger partial charge < -0.3 is 10.5 Å². The van der Waals surface area contributed by atoms with Gasteiger partial charge in [-0.1, -0.05) is 29.5 Å². The summed E-state index contributed by atoms with van der Waals surface area (Å²) in [6, 6.07) is 9.52. The van der Waals surface area contributed by atoms with Gasteiger partial charge in [-0.05, 0) is 31.2 Å². The molecule has 26 heavy (non-hydrogen) atoms. The monoisotopic (exact) mass is 381 g/mol. The zero-order valence-electron chi connectivity index (χ0n) is 13.5. The average Bonchev–Trinajstić information content (AvgIpc) is 2.94. The Hall–Kier alpha value is -2.81. The molecule has 0 fully saturated rings. The van der Waals surface area contributed by atoms with Gasteiger partial charge in [0.25, 0.3) is 0 Å². The van der Waals surface area contributed by atoms with E-state index in [1.807, 2.05) is 0 Å². The lowest BCUT2D eigenvalue weighted by Crippen LogP contribution is -2.18. The number of hydrogen-bond donors (Lipinski definition) is 2. The molecule has 3 aromatic rings. The van der Waals surface area contributed by atoms with E-state index < -0.39 is 23.9 Å². The molecule has 9 heteroatoms. The first-order valence-electron chi connectivity index (χ1n) is 7.54. The number of amides is 2. The minimum absolute atomic E-state index is 0.0560. The van der Waals surface area contributed by atoms with Crippen LogP contribution in [0.5, 0.6) is 5.75 Å². The van der Waals surface area contributed by atoms with Crippen molar-refractivity contribution in [1.29, 1.82) is 0 Å². The number of nitrogens with zero attached hydrogens (tertiary/aromatic N) is 1. The molecular weight excluding hydrogens is 367 g/mol. The number of anilines is 1. The Balaban J connectivity index is 1.86. The normalized spacial score (nSPS) is 12.8. The van der Waals surface area contributed by atoms with Gasteiger partial charge in [0.05, 0.1) is 15.8 Å². The first-order chi connectivity index (χ1) is 12.2. The number of benzene rings is 2. The molecule has 5 nitrogen and oxygen atoms in total. The molecule has 0 aliphatic rings. The molecule has 0 spiro atoms. The number of ether oxygens (including phenoxy) is 1. The maximum atomic E-state index is 13.2. The maximum absolute atomic E-state index is 13.2. The van der Waals surface area contributed by atoms with Crippen molar-refractivity contribution >= 4 is 32.7 Å².